The van der Waals surface area contributed by atoms with Gasteiger partial charge in [-0.05, 0) is 19.1 Å². The number of methoxy groups -OCH3 is 1. The highest BCUT2D eigenvalue weighted by Gasteiger charge is 2.12. The first-order chi connectivity index (χ1) is 8.22. The van der Waals surface area contributed by atoms with Crippen LogP contribution in [0, 0.1) is 6.92 Å². The van der Waals surface area contributed by atoms with Crippen LogP contribution in [0.4, 0.5) is 0 Å². The normalized spacial score (nSPS) is 10.0. The third-order valence-corrected chi connectivity index (χ3v) is 2.28. The maximum atomic E-state index is 11.4. The maximum absolute atomic E-state index is 11.4. The first kappa shape index (κ1) is 11.2. The van der Waals surface area contributed by atoms with E-state index < -0.39 is 5.97 Å². The summed E-state index contributed by atoms with van der Waals surface area (Å²) in [5.74, 6) is 0.0609. The summed E-state index contributed by atoms with van der Waals surface area (Å²) < 4.78 is 4.63. The van der Waals surface area contributed by atoms with E-state index >= 15 is 0 Å². The van der Waals surface area contributed by atoms with Crippen molar-refractivity contribution in [3.8, 4) is 11.5 Å². The number of carbonyl (C=O) groups excluding carboxylic acids is 1. The average Bonchev–Trinajstić information content (AvgIpc) is 2.39. The van der Waals surface area contributed by atoms with E-state index in [1.807, 2.05) is 18.2 Å². The topological polar surface area (TPSA) is 65.0 Å². The van der Waals surface area contributed by atoms with E-state index in [-0.39, 0.29) is 0 Å². The summed E-state index contributed by atoms with van der Waals surface area (Å²) in [6.07, 6.45) is 3.13. The zero-order chi connectivity index (χ0) is 12.3. The van der Waals surface area contributed by atoms with Crippen LogP contribution in [0.3, 0.4) is 0 Å². The fraction of sp³-hybridized carbons (Fsp3) is 0.167. The van der Waals surface area contributed by atoms with Gasteiger partial charge in [0, 0.05) is 12.4 Å². The predicted molar refractivity (Wildman–Crippen MR) is 61.3 cm³/mol. The van der Waals surface area contributed by atoms with Gasteiger partial charge in [0.1, 0.15) is 5.69 Å². The molecule has 0 radical (unpaired) electrons. The molecule has 17 heavy (non-hydrogen) atoms. The Bertz CT molecular complexity index is 541. The monoisotopic (exact) mass is 229 g/mol. The fourth-order valence-corrected chi connectivity index (χ4v) is 1.40. The van der Waals surface area contributed by atoms with Crippen molar-refractivity contribution in [1.29, 1.82) is 0 Å². The van der Waals surface area contributed by atoms with Gasteiger partial charge in [0.05, 0.1) is 18.4 Å². The van der Waals surface area contributed by atoms with Crippen LogP contribution in [0.2, 0.25) is 0 Å². The van der Waals surface area contributed by atoms with E-state index in [1.54, 1.807) is 13.1 Å². The van der Waals surface area contributed by atoms with Crippen molar-refractivity contribution >= 4 is 5.97 Å². The van der Waals surface area contributed by atoms with Crippen molar-refractivity contribution in [2.45, 2.75) is 6.92 Å². The van der Waals surface area contributed by atoms with Gasteiger partial charge in [-0.15, -0.1) is 0 Å². The highest BCUT2D eigenvalue weighted by molar-refractivity contribution is 5.90. The van der Waals surface area contributed by atoms with Crippen molar-refractivity contribution in [2.24, 2.45) is 0 Å². The second-order valence-electron chi connectivity index (χ2n) is 3.40. The number of hydrogen-bond donors (Lipinski definition) is 0. The molecule has 2 aromatic rings. The molecule has 0 bridgehead atoms. The van der Waals surface area contributed by atoms with Crippen molar-refractivity contribution < 1.29 is 9.53 Å². The molecule has 5 nitrogen and oxygen atoms in total. The van der Waals surface area contributed by atoms with Gasteiger partial charge in [0.25, 0.3) is 0 Å². The Balaban J connectivity index is 2.41. The predicted octanol–water partition coefficient (Wildman–Crippen LogP) is 1.63. The van der Waals surface area contributed by atoms with Crippen molar-refractivity contribution in [2.75, 3.05) is 7.11 Å². The Kier molecular flexibility index (Phi) is 3.09. The van der Waals surface area contributed by atoms with Gasteiger partial charge in [-0.25, -0.2) is 14.8 Å². The lowest BCUT2D eigenvalue weighted by molar-refractivity contribution is 0.0599. The molecule has 2 heterocycles. The lowest BCUT2D eigenvalue weighted by atomic mass is 10.2. The number of rotatable bonds is 2. The molecule has 0 saturated heterocycles. The molecule has 0 amide bonds. The smallest absolute Gasteiger partial charge is 0.341 e. The molecule has 0 N–H and O–H groups in total. The second-order valence-corrected chi connectivity index (χ2v) is 3.40. The van der Waals surface area contributed by atoms with E-state index in [2.05, 4.69) is 19.7 Å². The molecule has 0 fully saturated rings. The zero-order valence-electron chi connectivity index (χ0n) is 9.54. The van der Waals surface area contributed by atoms with Crippen LogP contribution in [0.1, 0.15) is 16.1 Å². The summed E-state index contributed by atoms with van der Waals surface area (Å²) in [4.78, 5) is 23.9. The number of carbonyl (C=O) groups is 1. The minimum atomic E-state index is -0.435. The molecule has 2 rings (SSSR count). The van der Waals surface area contributed by atoms with Crippen LogP contribution in [0.15, 0.2) is 30.6 Å². The molecule has 0 aliphatic heterocycles. The van der Waals surface area contributed by atoms with Gasteiger partial charge in [0.15, 0.2) is 5.82 Å². The molecule has 0 spiro atoms. The summed E-state index contributed by atoms with van der Waals surface area (Å²) >= 11 is 0. The molecule has 0 aliphatic rings. The van der Waals surface area contributed by atoms with Crippen LogP contribution < -0.4 is 0 Å². The molecule has 0 saturated carbocycles. The van der Waals surface area contributed by atoms with Crippen molar-refractivity contribution in [3.63, 3.8) is 0 Å². The first-order valence-electron chi connectivity index (χ1n) is 5.05. The number of ether oxygens (including phenoxy) is 1. The van der Waals surface area contributed by atoms with E-state index in [1.165, 1.54) is 13.3 Å². The van der Waals surface area contributed by atoms with Crippen LogP contribution in [0.25, 0.3) is 11.5 Å². The number of aromatic nitrogens is 3. The maximum Gasteiger partial charge on any atom is 0.341 e. The van der Waals surface area contributed by atoms with Gasteiger partial charge < -0.3 is 4.74 Å². The molecular weight excluding hydrogens is 218 g/mol. The first-order valence-corrected chi connectivity index (χ1v) is 5.05. The lowest BCUT2D eigenvalue weighted by Gasteiger charge is -2.04. The van der Waals surface area contributed by atoms with Gasteiger partial charge in [-0.3, -0.25) is 4.98 Å². The molecule has 0 aromatic carbocycles. The average molecular weight is 229 g/mol. The Morgan fingerprint density at radius 3 is 2.71 bits per heavy atom. The molecular formula is C12H11N3O2. The molecule has 5 heteroatoms. The van der Waals surface area contributed by atoms with Gasteiger partial charge in [-0.1, -0.05) is 6.07 Å². The van der Waals surface area contributed by atoms with Gasteiger partial charge in [-0.2, -0.15) is 0 Å². The van der Waals surface area contributed by atoms with Crippen molar-refractivity contribution in [3.05, 3.63) is 41.9 Å². The molecule has 0 atom stereocenters. The number of hydrogen-bond acceptors (Lipinski definition) is 5. The molecule has 0 aliphatic carbocycles. The van der Waals surface area contributed by atoms with Gasteiger partial charge in [0.2, 0.25) is 0 Å². The van der Waals surface area contributed by atoms with E-state index in [9.17, 15) is 4.79 Å². The Morgan fingerprint density at radius 2 is 2.12 bits per heavy atom. The van der Waals surface area contributed by atoms with Crippen LogP contribution in [0.5, 0.6) is 0 Å². The SMILES string of the molecule is COC(=O)c1cnc(-c2ccccn2)nc1C. The summed E-state index contributed by atoms with van der Waals surface area (Å²) in [6, 6.07) is 5.49. The summed E-state index contributed by atoms with van der Waals surface area (Å²) in [6.45, 7) is 1.74. The van der Waals surface area contributed by atoms with Crippen molar-refractivity contribution in [1.82, 2.24) is 15.0 Å². The van der Waals surface area contributed by atoms with E-state index in [0.717, 1.165) is 0 Å². The van der Waals surface area contributed by atoms with E-state index in [0.29, 0.717) is 22.8 Å². The second kappa shape index (κ2) is 4.69. The Hall–Kier alpha value is -2.30. The molecule has 86 valence electrons. The summed E-state index contributed by atoms with van der Waals surface area (Å²) in [5.41, 5.74) is 1.62. The number of nitrogens with zero attached hydrogens (tertiary/aromatic N) is 3. The van der Waals surface area contributed by atoms with Crippen LogP contribution >= 0.6 is 0 Å². The van der Waals surface area contributed by atoms with E-state index in [4.69, 9.17) is 0 Å². The fourth-order valence-electron chi connectivity index (χ4n) is 1.40. The van der Waals surface area contributed by atoms with Crippen LogP contribution in [-0.4, -0.2) is 28.0 Å². The third kappa shape index (κ3) is 2.28. The van der Waals surface area contributed by atoms with Gasteiger partial charge >= 0.3 is 5.97 Å². The number of esters is 1. The Morgan fingerprint density at radius 1 is 1.29 bits per heavy atom. The standard InChI is InChI=1S/C12H11N3O2/c1-8-9(12(16)17-2)7-14-11(15-8)10-5-3-4-6-13-10/h3-7H,1-2H3. The molecule has 0 unspecified atom stereocenters. The number of aryl methyl sites for hydroxylation is 1. The quantitative estimate of drug-likeness (QED) is 0.732. The Labute approximate surface area is 98.5 Å². The minimum absolute atomic E-state index is 0.368. The largest absolute Gasteiger partial charge is 0.465 e. The number of pyridine rings is 1. The summed E-state index contributed by atoms with van der Waals surface area (Å²) in [5, 5.41) is 0. The van der Waals surface area contributed by atoms with Crippen LogP contribution in [-0.2, 0) is 4.74 Å². The zero-order valence-corrected chi connectivity index (χ0v) is 9.54. The minimum Gasteiger partial charge on any atom is -0.465 e. The highest BCUT2D eigenvalue weighted by Crippen LogP contribution is 2.13. The lowest BCUT2D eigenvalue weighted by Crippen LogP contribution is -2.07. The highest BCUT2D eigenvalue weighted by atomic mass is 16.5. The third-order valence-electron chi connectivity index (χ3n) is 2.28. The summed E-state index contributed by atoms with van der Waals surface area (Å²) in [7, 11) is 1.33. The molecule has 2 aromatic heterocycles.